The average molecular weight is 298 g/mol. The lowest BCUT2D eigenvalue weighted by atomic mass is 10.0. The van der Waals surface area contributed by atoms with Gasteiger partial charge in [0.1, 0.15) is 11.9 Å². The molecule has 4 heteroatoms. The Morgan fingerprint density at radius 1 is 1.30 bits per heavy atom. The fourth-order valence-corrected chi connectivity index (χ4v) is 2.58. The Balaban J connectivity index is 1.76. The van der Waals surface area contributed by atoms with Gasteiger partial charge in [0.05, 0.1) is 10.6 Å². The molecule has 0 bridgehead atoms. The molecule has 1 aromatic rings. The highest BCUT2D eigenvalue weighted by Gasteiger charge is 2.22. The van der Waals surface area contributed by atoms with Crippen molar-refractivity contribution in [1.82, 2.24) is 4.90 Å². The molecular weight excluding hydrogens is 274 g/mol. The second-order valence-electron chi connectivity index (χ2n) is 6.15. The number of hydrogen-bond acceptors (Lipinski definition) is 3. The molecule has 0 saturated carbocycles. The highest BCUT2D eigenvalue weighted by molar-refractivity contribution is 6.32. The molecule has 0 spiro atoms. The number of hydrogen-bond donors (Lipinski definition) is 1. The summed E-state index contributed by atoms with van der Waals surface area (Å²) < 4.78 is 5.97. The van der Waals surface area contributed by atoms with Crippen molar-refractivity contribution in [2.24, 2.45) is 0 Å². The summed E-state index contributed by atoms with van der Waals surface area (Å²) in [5, 5.41) is 10.4. The summed E-state index contributed by atoms with van der Waals surface area (Å²) in [5.74, 6) is 0.782. The Hall–Kier alpha value is -0.770. The van der Waals surface area contributed by atoms with Crippen LogP contribution in [0.15, 0.2) is 24.3 Å². The smallest absolute Gasteiger partial charge is 0.138 e. The third kappa shape index (κ3) is 4.97. The highest BCUT2D eigenvalue weighted by Crippen LogP contribution is 2.26. The van der Waals surface area contributed by atoms with E-state index in [1.54, 1.807) is 0 Å². The van der Waals surface area contributed by atoms with Gasteiger partial charge >= 0.3 is 0 Å². The van der Waals surface area contributed by atoms with Crippen LogP contribution in [-0.4, -0.2) is 41.3 Å². The van der Waals surface area contributed by atoms with E-state index in [1.165, 1.54) is 0 Å². The van der Waals surface area contributed by atoms with Crippen molar-refractivity contribution in [2.45, 2.75) is 44.8 Å². The van der Waals surface area contributed by atoms with E-state index < -0.39 is 5.60 Å². The van der Waals surface area contributed by atoms with Crippen LogP contribution < -0.4 is 4.74 Å². The molecule has 2 rings (SSSR count). The monoisotopic (exact) mass is 297 g/mol. The highest BCUT2D eigenvalue weighted by atomic mass is 35.5. The third-order valence-corrected chi connectivity index (χ3v) is 4.02. The van der Waals surface area contributed by atoms with Crippen LogP contribution in [0.5, 0.6) is 5.75 Å². The fourth-order valence-electron chi connectivity index (χ4n) is 2.40. The third-order valence-electron chi connectivity index (χ3n) is 3.70. The fraction of sp³-hybridized carbons (Fsp3) is 0.625. The Morgan fingerprint density at radius 2 is 1.95 bits per heavy atom. The number of aliphatic hydroxyl groups is 1. The maximum Gasteiger partial charge on any atom is 0.138 e. The molecule has 1 aliphatic heterocycles. The SMILES string of the molecule is CC(C)(O)CCN1CCC(Oc2ccccc2Cl)CC1. The lowest BCUT2D eigenvalue weighted by Crippen LogP contribution is -2.40. The lowest BCUT2D eigenvalue weighted by molar-refractivity contribution is 0.0442. The molecule has 1 saturated heterocycles. The van der Waals surface area contributed by atoms with E-state index in [9.17, 15) is 5.11 Å². The predicted molar refractivity (Wildman–Crippen MR) is 82.5 cm³/mol. The van der Waals surface area contributed by atoms with Crippen LogP contribution in [0.1, 0.15) is 33.1 Å². The van der Waals surface area contributed by atoms with Crippen LogP contribution in [0.2, 0.25) is 5.02 Å². The van der Waals surface area contributed by atoms with E-state index in [0.29, 0.717) is 5.02 Å². The van der Waals surface area contributed by atoms with Gasteiger partial charge in [-0.15, -0.1) is 0 Å². The van der Waals surface area contributed by atoms with Gasteiger partial charge in [-0.1, -0.05) is 23.7 Å². The summed E-state index contributed by atoms with van der Waals surface area (Å²) in [6, 6.07) is 7.63. The molecule has 112 valence electrons. The van der Waals surface area contributed by atoms with E-state index in [0.717, 1.165) is 44.6 Å². The maximum absolute atomic E-state index is 9.76. The van der Waals surface area contributed by atoms with Crippen LogP contribution in [0.3, 0.4) is 0 Å². The molecule has 1 fully saturated rings. The second-order valence-corrected chi connectivity index (χ2v) is 6.56. The summed E-state index contributed by atoms with van der Waals surface area (Å²) >= 11 is 6.11. The summed E-state index contributed by atoms with van der Waals surface area (Å²) in [5.41, 5.74) is -0.578. The summed E-state index contributed by atoms with van der Waals surface area (Å²) in [4.78, 5) is 2.39. The number of benzene rings is 1. The zero-order chi connectivity index (χ0) is 14.6. The van der Waals surface area contributed by atoms with Gasteiger partial charge in [-0.2, -0.15) is 0 Å². The molecule has 20 heavy (non-hydrogen) atoms. The Morgan fingerprint density at radius 3 is 2.55 bits per heavy atom. The molecule has 1 heterocycles. The molecule has 0 radical (unpaired) electrons. The number of halogens is 1. The van der Waals surface area contributed by atoms with Gasteiger partial charge in [0, 0.05) is 19.6 Å². The number of para-hydroxylation sites is 1. The van der Waals surface area contributed by atoms with Gasteiger partial charge in [0.25, 0.3) is 0 Å². The molecular formula is C16H24ClNO2. The molecule has 1 N–H and O–H groups in total. The van der Waals surface area contributed by atoms with Crippen molar-refractivity contribution in [3.8, 4) is 5.75 Å². The molecule has 0 unspecified atom stereocenters. The molecule has 3 nitrogen and oxygen atoms in total. The van der Waals surface area contributed by atoms with Crippen LogP contribution in [0, 0.1) is 0 Å². The zero-order valence-electron chi connectivity index (χ0n) is 12.3. The molecule has 0 atom stereocenters. The van der Waals surface area contributed by atoms with Crippen molar-refractivity contribution >= 4 is 11.6 Å². The number of piperidine rings is 1. The van der Waals surface area contributed by atoms with Gasteiger partial charge in [0.2, 0.25) is 0 Å². The number of rotatable bonds is 5. The van der Waals surface area contributed by atoms with Crippen molar-refractivity contribution < 1.29 is 9.84 Å². The quantitative estimate of drug-likeness (QED) is 0.905. The minimum Gasteiger partial charge on any atom is -0.489 e. The van der Waals surface area contributed by atoms with Crippen LogP contribution in [0.25, 0.3) is 0 Å². The summed E-state index contributed by atoms with van der Waals surface area (Å²) in [6.07, 6.45) is 3.07. The first-order chi connectivity index (χ1) is 9.44. The Labute approximate surface area is 126 Å². The van der Waals surface area contributed by atoms with Gasteiger partial charge in [-0.3, -0.25) is 0 Å². The maximum atomic E-state index is 9.76. The van der Waals surface area contributed by atoms with Crippen molar-refractivity contribution in [3.63, 3.8) is 0 Å². The molecule has 1 aromatic carbocycles. The first-order valence-corrected chi connectivity index (χ1v) is 7.68. The second kappa shape index (κ2) is 6.79. The van der Waals surface area contributed by atoms with E-state index in [-0.39, 0.29) is 6.10 Å². The molecule has 0 aromatic heterocycles. The summed E-state index contributed by atoms with van der Waals surface area (Å²) in [6.45, 7) is 6.71. The number of nitrogens with zero attached hydrogens (tertiary/aromatic N) is 1. The van der Waals surface area contributed by atoms with Gasteiger partial charge in [-0.25, -0.2) is 0 Å². The first-order valence-electron chi connectivity index (χ1n) is 7.30. The minimum atomic E-state index is -0.578. The Kier molecular flexibility index (Phi) is 5.30. The van der Waals surface area contributed by atoms with Crippen LogP contribution >= 0.6 is 11.6 Å². The normalized spacial score (nSPS) is 18.2. The van der Waals surface area contributed by atoms with Crippen molar-refractivity contribution in [3.05, 3.63) is 29.3 Å². The van der Waals surface area contributed by atoms with Crippen LogP contribution in [0.4, 0.5) is 0 Å². The largest absolute Gasteiger partial charge is 0.489 e. The van der Waals surface area contributed by atoms with Gasteiger partial charge in [0.15, 0.2) is 0 Å². The number of ether oxygens (including phenoxy) is 1. The zero-order valence-corrected chi connectivity index (χ0v) is 13.1. The molecule has 0 amide bonds. The topological polar surface area (TPSA) is 32.7 Å². The average Bonchev–Trinajstić information content (AvgIpc) is 2.40. The van der Waals surface area contributed by atoms with Gasteiger partial charge in [-0.05, 0) is 45.2 Å². The predicted octanol–water partition coefficient (Wildman–Crippen LogP) is 3.34. The number of likely N-dealkylation sites (tertiary alicyclic amines) is 1. The van der Waals surface area contributed by atoms with Gasteiger partial charge < -0.3 is 14.7 Å². The van der Waals surface area contributed by atoms with E-state index in [1.807, 2.05) is 38.1 Å². The van der Waals surface area contributed by atoms with Crippen molar-refractivity contribution in [2.75, 3.05) is 19.6 Å². The first kappa shape index (κ1) is 15.6. The van der Waals surface area contributed by atoms with Crippen molar-refractivity contribution in [1.29, 1.82) is 0 Å². The van der Waals surface area contributed by atoms with E-state index >= 15 is 0 Å². The van der Waals surface area contributed by atoms with E-state index in [4.69, 9.17) is 16.3 Å². The minimum absolute atomic E-state index is 0.244. The Bertz CT molecular complexity index is 423. The molecule has 1 aliphatic rings. The van der Waals surface area contributed by atoms with E-state index in [2.05, 4.69) is 4.90 Å². The molecule has 0 aliphatic carbocycles. The summed E-state index contributed by atoms with van der Waals surface area (Å²) in [7, 11) is 0. The standard InChI is InChI=1S/C16H24ClNO2/c1-16(2,19)9-12-18-10-7-13(8-11-18)20-15-6-4-3-5-14(15)17/h3-6,13,19H,7-12H2,1-2H3. The lowest BCUT2D eigenvalue weighted by Gasteiger charge is -2.33. The van der Waals surface area contributed by atoms with Crippen LogP contribution in [-0.2, 0) is 0 Å².